The summed E-state index contributed by atoms with van der Waals surface area (Å²) >= 11 is 0. The largest absolute Gasteiger partial charge is 0.370 e. The number of hydrogen-bond acceptors (Lipinski definition) is 6. The first kappa shape index (κ1) is 17.6. The van der Waals surface area contributed by atoms with Crippen LogP contribution in [-0.2, 0) is 16.4 Å². The summed E-state index contributed by atoms with van der Waals surface area (Å²) in [6, 6.07) is 1.87. The number of sulfonamides is 1. The molecule has 0 aliphatic heterocycles. The average molecular weight is 315 g/mol. The van der Waals surface area contributed by atoms with Crippen molar-refractivity contribution in [2.24, 2.45) is 0 Å². The van der Waals surface area contributed by atoms with E-state index in [1.165, 1.54) is 0 Å². The normalized spacial score (nSPS) is 11.4. The Morgan fingerprint density at radius 1 is 1.05 bits per heavy atom. The van der Waals surface area contributed by atoms with Crippen LogP contribution in [0.25, 0.3) is 0 Å². The number of anilines is 2. The Kier molecular flexibility index (Phi) is 7.38. The molecule has 0 fully saturated rings. The molecule has 7 nitrogen and oxygen atoms in total. The van der Waals surface area contributed by atoms with Crippen LogP contribution in [0, 0.1) is 0 Å². The molecule has 0 aliphatic rings. The van der Waals surface area contributed by atoms with Crippen molar-refractivity contribution in [3.8, 4) is 0 Å². The maximum atomic E-state index is 10.9. The molecule has 3 N–H and O–H groups in total. The highest BCUT2D eigenvalue weighted by Gasteiger charge is 2.03. The zero-order valence-electron chi connectivity index (χ0n) is 12.9. The fourth-order valence-electron chi connectivity index (χ4n) is 1.65. The van der Waals surface area contributed by atoms with Gasteiger partial charge in [-0.1, -0.05) is 13.8 Å². The van der Waals surface area contributed by atoms with Crippen molar-refractivity contribution >= 4 is 21.7 Å². The van der Waals surface area contributed by atoms with E-state index in [1.54, 1.807) is 0 Å². The third kappa shape index (κ3) is 7.81. The van der Waals surface area contributed by atoms with Crippen LogP contribution in [-0.4, -0.2) is 44.3 Å². The van der Waals surface area contributed by atoms with Gasteiger partial charge in [-0.2, -0.15) is 0 Å². The van der Waals surface area contributed by atoms with Crippen molar-refractivity contribution in [1.29, 1.82) is 0 Å². The molecule has 0 bridgehead atoms. The number of nitrogens with zero attached hydrogens (tertiary/aromatic N) is 2. The van der Waals surface area contributed by atoms with Gasteiger partial charge in [-0.25, -0.2) is 23.1 Å². The van der Waals surface area contributed by atoms with Crippen LogP contribution in [0.2, 0.25) is 0 Å². The lowest BCUT2D eigenvalue weighted by Crippen LogP contribution is -2.24. The minimum Gasteiger partial charge on any atom is -0.370 e. The lowest BCUT2D eigenvalue weighted by molar-refractivity contribution is 0.586. The smallest absolute Gasteiger partial charge is 0.208 e. The van der Waals surface area contributed by atoms with E-state index in [0.717, 1.165) is 43.1 Å². The molecular formula is C13H25N5O2S. The van der Waals surface area contributed by atoms with Crippen LogP contribution in [0.15, 0.2) is 6.07 Å². The maximum absolute atomic E-state index is 10.9. The van der Waals surface area contributed by atoms with E-state index in [0.29, 0.717) is 19.5 Å². The van der Waals surface area contributed by atoms with Crippen molar-refractivity contribution in [2.75, 3.05) is 36.5 Å². The SMILES string of the molecule is CCCNc1cc(NCCCNS(C)(=O)=O)nc(CC)n1. The van der Waals surface area contributed by atoms with Crippen molar-refractivity contribution < 1.29 is 8.42 Å². The lowest BCUT2D eigenvalue weighted by atomic mass is 10.4. The van der Waals surface area contributed by atoms with Gasteiger partial charge in [0.05, 0.1) is 6.26 Å². The maximum Gasteiger partial charge on any atom is 0.208 e. The van der Waals surface area contributed by atoms with Crippen molar-refractivity contribution in [3.05, 3.63) is 11.9 Å². The summed E-state index contributed by atoms with van der Waals surface area (Å²) in [4.78, 5) is 8.82. The molecule has 0 amide bonds. The summed E-state index contributed by atoms with van der Waals surface area (Å²) in [7, 11) is -3.11. The molecule has 1 heterocycles. The molecule has 0 radical (unpaired) electrons. The molecule has 0 saturated carbocycles. The second kappa shape index (κ2) is 8.78. The molecule has 1 aromatic heterocycles. The number of aromatic nitrogens is 2. The van der Waals surface area contributed by atoms with Gasteiger partial charge in [0.1, 0.15) is 17.5 Å². The minimum atomic E-state index is -3.11. The summed E-state index contributed by atoms with van der Waals surface area (Å²) in [6.45, 7) is 6.05. The first-order valence-corrected chi connectivity index (χ1v) is 9.14. The second-order valence-corrected chi connectivity index (χ2v) is 6.61. The average Bonchev–Trinajstić information content (AvgIpc) is 2.43. The highest BCUT2D eigenvalue weighted by molar-refractivity contribution is 7.88. The summed E-state index contributed by atoms with van der Waals surface area (Å²) < 4.78 is 24.3. The first-order valence-electron chi connectivity index (χ1n) is 7.25. The van der Waals surface area contributed by atoms with E-state index in [9.17, 15) is 8.42 Å². The number of nitrogens with one attached hydrogen (secondary N) is 3. The Balaban J connectivity index is 2.49. The van der Waals surface area contributed by atoms with E-state index < -0.39 is 10.0 Å². The molecule has 0 unspecified atom stereocenters. The fraction of sp³-hybridized carbons (Fsp3) is 0.692. The first-order chi connectivity index (χ1) is 9.94. The van der Waals surface area contributed by atoms with Gasteiger partial charge >= 0.3 is 0 Å². The molecule has 0 aromatic carbocycles. The number of rotatable bonds is 10. The van der Waals surface area contributed by atoms with Gasteiger partial charge in [0, 0.05) is 32.1 Å². The highest BCUT2D eigenvalue weighted by atomic mass is 32.2. The summed E-state index contributed by atoms with van der Waals surface area (Å²) in [5.41, 5.74) is 0. The van der Waals surface area contributed by atoms with Gasteiger partial charge in [-0.05, 0) is 12.8 Å². The van der Waals surface area contributed by atoms with Crippen molar-refractivity contribution in [2.45, 2.75) is 33.1 Å². The molecule has 0 saturated heterocycles. The van der Waals surface area contributed by atoms with Crippen LogP contribution in [0.4, 0.5) is 11.6 Å². The Bertz CT molecular complexity index is 533. The van der Waals surface area contributed by atoms with E-state index in [-0.39, 0.29) is 0 Å². The number of aryl methyl sites for hydroxylation is 1. The molecule has 8 heteroatoms. The standard InChI is InChI=1S/C13H25N5O2S/c1-4-7-14-12-10-13(18-11(5-2)17-12)15-8-6-9-16-21(3,19)20/h10,16H,4-9H2,1-3H3,(H2,14,15,17,18). The van der Waals surface area contributed by atoms with Crippen LogP contribution >= 0.6 is 0 Å². The lowest BCUT2D eigenvalue weighted by Gasteiger charge is -2.10. The van der Waals surface area contributed by atoms with Crippen LogP contribution in [0.3, 0.4) is 0 Å². The summed E-state index contributed by atoms with van der Waals surface area (Å²) in [6.07, 6.45) is 3.65. The predicted octanol–water partition coefficient (Wildman–Crippen LogP) is 1.21. The van der Waals surface area contributed by atoms with E-state index in [4.69, 9.17) is 0 Å². The van der Waals surface area contributed by atoms with Gasteiger partial charge in [0.2, 0.25) is 10.0 Å². The summed E-state index contributed by atoms with van der Waals surface area (Å²) in [5, 5.41) is 6.44. The summed E-state index contributed by atoms with van der Waals surface area (Å²) in [5.74, 6) is 2.37. The van der Waals surface area contributed by atoms with Gasteiger partial charge in [0.15, 0.2) is 0 Å². The third-order valence-electron chi connectivity index (χ3n) is 2.67. The molecule has 0 aliphatic carbocycles. The Morgan fingerprint density at radius 3 is 2.19 bits per heavy atom. The molecular weight excluding hydrogens is 290 g/mol. The van der Waals surface area contributed by atoms with Crippen molar-refractivity contribution in [3.63, 3.8) is 0 Å². The topological polar surface area (TPSA) is 96.0 Å². The predicted molar refractivity (Wildman–Crippen MR) is 86.1 cm³/mol. The van der Waals surface area contributed by atoms with E-state index in [1.807, 2.05) is 13.0 Å². The number of hydrogen-bond donors (Lipinski definition) is 3. The van der Waals surface area contributed by atoms with Crippen LogP contribution in [0.5, 0.6) is 0 Å². The second-order valence-electron chi connectivity index (χ2n) is 4.78. The molecule has 120 valence electrons. The Morgan fingerprint density at radius 2 is 1.67 bits per heavy atom. The monoisotopic (exact) mass is 315 g/mol. The Labute approximate surface area is 127 Å². The fourth-order valence-corrected chi connectivity index (χ4v) is 2.17. The molecule has 1 aromatic rings. The Hall–Kier alpha value is -1.41. The van der Waals surface area contributed by atoms with Gasteiger partial charge in [-0.3, -0.25) is 0 Å². The van der Waals surface area contributed by atoms with Crippen molar-refractivity contribution in [1.82, 2.24) is 14.7 Å². The van der Waals surface area contributed by atoms with Gasteiger partial charge in [0.25, 0.3) is 0 Å². The highest BCUT2D eigenvalue weighted by Crippen LogP contribution is 2.11. The van der Waals surface area contributed by atoms with Gasteiger partial charge < -0.3 is 10.6 Å². The van der Waals surface area contributed by atoms with E-state index in [2.05, 4.69) is 32.2 Å². The van der Waals surface area contributed by atoms with Gasteiger partial charge in [-0.15, -0.1) is 0 Å². The zero-order chi connectivity index (χ0) is 15.7. The van der Waals surface area contributed by atoms with E-state index >= 15 is 0 Å². The molecule has 1 rings (SSSR count). The third-order valence-corrected chi connectivity index (χ3v) is 3.40. The molecule has 21 heavy (non-hydrogen) atoms. The molecule has 0 spiro atoms. The minimum absolute atomic E-state index is 0.415. The van der Waals surface area contributed by atoms with Crippen LogP contribution in [0.1, 0.15) is 32.5 Å². The molecule has 0 atom stereocenters. The zero-order valence-corrected chi connectivity index (χ0v) is 13.8. The van der Waals surface area contributed by atoms with Crippen LogP contribution < -0.4 is 15.4 Å². The quantitative estimate of drug-likeness (QED) is 0.562.